The number of anilines is 1. The number of carbonyl (C=O) groups excluding carboxylic acids is 1. The van der Waals surface area contributed by atoms with Gasteiger partial charge in [-0.2, -0.15) is 16.4 Å². The number of hydrogen-bond donors (Lipinski definition) is 1. The van der Waals surface area contributed by atoms with E-state index in [9.17, 15) is 13.2 Å². The van der Waals surface area contributed by atoms with Crippen molar-refractivity contribution in [3.63, 3.8) is 0 Å². The van der Waals surface area contributed by atoms with E-state index in [-0.39, 0.29) is 23.5 Å². The van der Waals surface area contributed by atoms with Gasteiger partial charge in [0, 0.05) is 12.1 Å². The van der Waals surface area contributed by atoms with Crippen LogP contribution in [-0.2, 0) is 14.6 Å². The minimum Gasteiger partial charge on any atom is -0.307 e. The van der Waals surface area contributed by atoms with Gasteiger partial charge in [0.15, 0.2) is 9.84 Å². The van der Waals surface area contributed by atoms with Gasteiger partial charge in [0.2, 0.25) is 5.91 Å². The van der Waals surface area contributed by atoms with Crippen LogP contribution in [0.1, 0.15) is 18.0 Å². The van der Waals surface area contributed by atoms with E-state index in [1.165, 1.54) is 6.08 Å². The summed E-state index contributed by atoms with van der Waals surface area (Å²) in [6.07, 6.45) is 5.26. The van der Waals surface area contributed by atoms with Crippen molar-refractivity contribution in [1.82, 2.24) is 9.78 Å². The number of hydrogen-bond acceptors (Lipinski definition) is 5. The Labute approximate surface area is 132 Å². The van der Waals surface area contributed by atoms with E-state index in [4.69, 9.17) is 0 Å². The zero-order valence-corrected chi connectivity index (χ0v) is 13.3. The molecule has 0 aliphatic carbocycles. The molecular weight excluding hydrogens is 322 g/mol. The molecule has 0 radical (unpaired) electrons. The quantitative estimate of drug-likeness (QED) is 0.865. The molecule has 1 aliphatic heterocycles. The van der Waals surface area contributed by atoms with Gasteiger partial charge in [0.25, 0.3) is 0 Å². The van der Waals surface area contributed by atoms with E-state index in [1.54, 1.807) is 34.4 Å². The van der Waals surface area contributed by atoms with Crippen molar-refractivity contribution in [2.24, 2.45) is 0 Å². The Morgan fingerprint density at radius 3 is 3.00 bits per heavy atom. The highest BCUT2D eigenvalue weighted by atomic mass is 32.2. The molecule has 1 atom stereocenters. The summed E-state index contributed by atoms with van der Waals surface area (Å²) in [6, 6.07) is 3.37. The Hall–Kier alpha value is -1.93. The molecule has 1 amide bonds. The van der Waals surface area contributed by atoms with Crippen LogP contribution in [0.3, 0.4) is 0 Å². The molecule has 1 fully saturated rings. The lowest BCUT2D eigenvalue weighted by molar-refractivity contribution is -0.111. The summed E-state index contributed by atoms with van der Waals surface area (Å²) in [5.74, 6) is 0.488. The molecule has 0 aromatic carbocycles. The number of nitrogens with zero attached hydrogens (tertiary/aromatic N) is 2. The number of sulfone groups is 1. The second kappa shape index (κ2) is 6.05. The van der Waals surface area contributed by atoms with Crippen LogP contribution in [0.5, 0.6) is 0 Å². The molecule has 1 aliphatic rings. The van der Waals surface area contributed by atoms with E-state index in [2.05, 4.69) is 10.4 Å². The van der Waals surface area contributed by atoms with E-state index in [1.807, 2.05) is 16.8 Å². The van der Waals surface area contributed by atoms with Crippen LogP contribution in [0.2, 0.25) is 0 Å². The maximum Gasteiger partial charge on any atom is 0.249 e. The third-order valence-corrected chi connectivity index (χ3v) is 5.90. The van der Waals surface area contributed by atoms with Crippen LogP contribution in [0.15, 0.2) is 35.2 Å². The molecule has 2 aromatic heterocycles. The molecule has 22 heavy (non-hydrogen) atoms. The third kappa shape index (κ3) is 3.45. The largest absolute Gasteiger partial charge is 0.307 e. The Kier molecular flexibility index (Phi) is 4.12. The second-order valence-electron chi connectivity index (χ2n) is 5.10. The topological polar surface area (TPSA) is 81.1 Å². The molecular formula is C14H15N3O3S2. The minimum atomic E-state index is -2.99. The first-order chi connectivity index (χ1) is 10.5. The smallest absolute Gasteiger partial charge is 0.249 e. The minimum absolute atomic E-state index is 0.0717. The Bertz CT molecular complexity index is 791. The number of thiophene rings is 1. The fourth-order valence-electron chi connectivity index (χ4n) is 2.38. The Morgan fingerprint density at radius 1 is 1.45 bits per heavy atom. The maximum absolute atomic E-state index is 11.9. The van der Waals surface area contributed by atoms with Crippen LogP contribution in [0.25, 0.3) is 6.08 Å². The van der Waals surface area contributed by atoms with Crippen LogP contribution in [0, 0.1) is 0 Å². The SMILES string of the molecule is O=C(/C=C/c1ccsc1)Nc1ccnn1[C@H]1CCS(=O)(=O)C1. The number of carbonyl (C=O) groups is 1. The van der Waals surface area contributed by atoms with Gasteiger partial charge in [-0.3, -0.25) is 4.79 Å². The van der Waals surface area contributed by atoms with Crippen molar-refractivity contribution in [1.29, 1.82) is 0 Å². The third-order valence-electron chi connectivity index (χ3n) is 3.45. The van der Waals surface area contributed by atoms with Crippen LogP contribution >= 0.6 is 11.3 Å². The van der Waals surface area contributed by atoms with E-state index in [0.717, 1.165) is 5.56 Å². The van der Waals surface area contributed by atoms with Crippen molar-refractivity contribution >= 4 is 39.0 Å². The monoisotopic (exact) mass is 337 g/mol. The summed E-state index contributed by atoms with van der Waals surface area (Å²) in [7, 11) is -2.99. The predicted octanol–water partition coefficient (Wildman–Crippen LogP) is 1.96. The van der Waals surface area contributed by atoms with Gasteiger partial charge in [0.05, 0.1) is 23.7 Å². The van der Waals surface area contributed by atoms with Crippen molar-refractivity contribution in [3.05, 3.63) is 40.7 Å². The summed E-state index contributed by atoms with van der Waals surface area (Å²) in [6.45, 7) is 0. The van der Waals surface area contributed by atoms with E-state index < -0.39 is 9.84 Å². The lowest BCUT2D eigenvalue weighted by atomic mass is 10.3. The highest BCUT2D eigenvalue weighted by molar-refractivity contribution is 7.91. The second-order valence-corrected chi connectivity index (χ2v) is 8.11. The van der Waals surface area contributed by atoms with Crippen molar-refractivity contribution in [2.45, 2.75) is 12.5 Å². The Morgan fingerprint density at radius 2 is 2.32 bits per heavy atom. The normalized spacial score (nSPS) is 20.5. The van der Waals surface area contributed by atoms with Crippen LogP contribution < -0.4 is 5.32 Å². The number of nitrogens with one attached hydrogen (secondary N) is 1. The highest BCUT2D eigenvalue weighted by Crippen LogP contribution is 2.26. The van der Waals surface area contributed by atoms with Gasteiger partial charge >= 0.3 is 0 Å². The lowest BCUT2D eigenvalue weighted by Gasteiger charge is -2.12. The van der Waals surface area contributed by atoms with Crippen LogP contribution in [-0.4, -0.2) is 35.6 Å². The zero-order valence-electron chi connectivity index (χ0n) is 11.7. The molecule has 1 N–H and O–H groups in total. The first-order valence-corrected chi connectivity index (χ1v) is 9.55. The molecule has 0 bridgehead atoms. The van der Waals surface area contributed by atoms with Gasteiger partial charge in [0.1, 0.15) is 5.82 Å². The fraction of sp³-hybridized carbons (Fsp3) is 0.286. The molecule has 2 aromatic rings. The lowest BCUT2D eigenvalue weighted by Crippen LogP contribution is -2.18. The highest BCUT2D eigenvalue weighted by Gasteiger charge is 2.30. The zero-order chi connectivity index (χ0) is 15.6. The summed E-state index contributed by atoms with van der Waals surface area (Å²) in [5.41, 5.74) is 0.968. The van der Waals surface area contributed by atoms with Gasteiger partial charge in [-0.15, -0.1) is 0 Å². The van der Waals surface area contributed by atoms with Crippen molar-refractivity contribution < 1.29 is 13.2 Å². The fourth-order valence-corrected chi connectivity index (χ4v) is 4.70. The first-order valence-electron chi connectivity index (χ1n) is 6.79. The molecule has 6 nitrogen and oxygen atoms in total. The first kappa shape index (κ1) is 15.0. The number of amides is 1. The maximum atomic E-state index is 11.9. The summed E-state index contributed by atoms with van der Waals surface area (Å²) in [5, 5.41) is 10.8. The molecule has 3 heterocycles. The molecule has 116 valence electrons. The molecule has 3 rings (SSSR count). The van der Waals surface area contributed by atoms with Gasteiger partial charge in [-0.25, -0.2) is 13.1 Å². The number of rotatable bonds is 4. The molecule has 0 spiro atoms. The average Bonchev–Trinajstić information content (AvgIpc) is 3.17. The molecule has 8 heteroatoms. The Balaban J connectivity index is 1.69. The summed E-state index contributed by atoms with van der Waals surface area (Å²) < 4.78 is 24.7. The van der Waals surface area contributed by atoms with Crippen molar-refractivity contribution in [3.8, 4) is 0 Å². The van der Waals surface area contributed by atoms with E-state index in [0.29, 0.717) is 12.2 Å². The van der Waals surface area contributed by atoms with Gasteiger partial charge < -0.3 is 5.32 Å². The average molecular weight is 337 g/mol. The standard InChI is InChI=1S/C14H15N3O3S2/c18-14(2-1-11-4-7-21-9-11)16-13-3-6-15-17(13)12-5-8-22(19,20)10-12/h1-4,6-7,9,12H,5,8,10H2,(H,16,18)/b2-1+/t12-/m0/s1. The number of aromatic nitrogens is 2. The summed E-state index contributed by atoms with van der Waals surface area (Å²) in [4.78, 5) is 11.9. The summed E-state index contributed by atoms with van der Waals surface area (Å²) >= 11 is 1.56. The molecule has 1 saturated heterocycles. The van der Waals surface area contributed by atoms with Crippen molar-refractivity contribution in [2.75, 3.05) is 16.8 Å². The van der Waals surface area contributed by atoms with E-state index >= 15 is 0 Å². The van der Waals surface area contributed by atoms with Gasteiger partial charge in [-0.05, 0) is 34.9 Å². The molecule has 0 unspecified atom stereocenters. The predicted molar refractivity (Wildman–Crippen MR) is 86.5 cm³/mol. The van der Waals surface area contributed by atoms with Gasteiger partial charge in [-0.1, -0.05) is 0 Å². The van der Waals surface area contributed by atoms with Crippen LogP contribution in [0.4, 0.5) is 5.82 Å². The molecule has 0 saturated carbocycles.